The summed E-state index contributed by atoms with van der Waals surface area (Å²) in [4.78, 5) is 26.0. The van der Waals surface area contributed by atoms with Gasteiger partial charge in [0.25, 0.3) is 0 Å². The first-order valence-electron chi connectivity index (χ1n) is 8.34. The molecule has 0 saturated heterocycles. The molecule has 1 aliphatic carbocycles. The van der Waals surface area contributed by atoms with Crippen molar-refractivity contribution in [1.82, 2.24) is 15.5 Å². The number of carbonyl (C=O) groups excluding carboxylic acids is 2. The Kier molecular flexibility index (Phi) is 6.61. The second-order valence-electron chi connectivity index (χ2n) is 6.44. The Balaban J connectivity index is 1.66. The third-order valence-corrected chi connectivity index (χ3v) is 4.17. The highest BCUT2D eigenvalue weighted by Crippen LogP contribution is 2.38. The van der Waals surface area contributed by atoms with Gasteiger partial charge < -0.3 is 20.3 Å². The molecule has 2 atom stereocenters. The van der Waals surface area contributed by atoms with Gasteiger partial charge in [0.15, 0.2) is 0 Å². The molecule has 6 heteroatoms. The van der Waals surface area contributed by atoms with Crippen LogP contribution in [0.2, 0.25) is 0 Å². The van der Waals surface area contributed by atoms with Crippen LogP contribution in [0.1, 0.15) is 12.0 Å². The van der Waals surface area contributed by atoms with Crippen LogP contribution in [0.5, 0.6) is 5.75 Å². The molecule has 6 nitrogen and oxygen atoms in total. The number of methoxy groups -OCH3 is 1. The number of hydrogen-bond acceptors (Lipinski definition) is 4. The van der Waals surface area contributed by atoms with Crippen LogP contribution >= 0.6 is 0 Å². The molecular weight excluding hydrogens is 306 g/mol. The zero-order chi connectivity index (χ0) is 17.5. The average Bonchev–Trinajstić information content (AvgIpc) is 3.35. The van der Waals surface area contributed by atoms with Crippen LogP contribution in [0.3, 0.4) is 0 Å². The van der Waals surface area contributed by atoms with Gasteiger partial charge in [0, 0.05) is 19.6 Å². The summed E-state index contributed by atoms with van der Waals surface area (Å²) in [5, 5.41) is 5.80. The van der Waals surface area contributed by atoms with E-state index >= 15 is 0 Å². The molecule has 2 amide bonds. The van der Waals surface area contributed by atoms with Crippen LogP contribution in [0.25, 0.3) is 0 Å². The minimum atomic E-state index is -0.172. The topological polar surface area (TPSA) is 70.7 Å². The van der Waals surface area contributed by atoms with Crippen molar-refractivity contribution in [1.29, 1.82) is 0 Å². The van der Waals surface area contributed by atoms with Gasteiger partial charge in [-0.05, 0) is 44.6 Å². The van der Waals surface area contributed by atoms with E-state index in [2.05, 4.69) is 10.6 Å². The van der Waals surface area contributed by atoms with E-state index in [4.69, 9.17) is 4.74 Å². The van der Waals surface area contributed by atoms with Gasteiger partial charge >= 0.3 is 0 Å². The highest BCUT2D eigenvalue weighted by molar-refractivity contribution is 5.92. The smallest absolute Gasteiger partial charge is 0.223 e. The van der Waals surface area contributed by atoms with Gasteiger partial charge in [0.2, 0.25) is 11.8 Å². The summed E-state index contributed by atoms with van der Waals surface area (Å²) >= 11 is 0. The minimum absolute atomic E-state index is 0.00945. The molecule has 1 aliphatic rings. The maximum atomic E-state index is 12.1. The summed E-state index contributed by atoms with van der Waals surface area (Å²) in [5.41, 5.74) is 1.11. The highest BCUT2D eigenvalue weighted by atomic mass is 16.5. The van der Waals surface area contributed by atoms with E-state index in [1.807, 2.05) is 43.3 Å². The van der Waals surface area contributed by atoms with Gasteiger partial charge in [0.1, 0.15) is 5.75 Å². The van der Waals surface area contributed by atoms with E-state index in [1.165, 1.54) is 0 Å². The van der Waals surface area contributed by atoms with E-state index in [-0.39, 0.29) is 23.7 Å². The Morgan fingerprint density at radius 1 is 1.17 bits per heavy atom. The zero-order valence-electron chi connectivity index (χ0n) is 14.7. The molecule has 1 aromatic carbocycles. The first kappa shape index (κ1) is 18.3. The lowest BCUT2D eigenvalue weighted by Gasteiger charge is -2.10. The van der Waals surface area contributed by atoms with Crippen LogP contribution in [0.15, 0.2) is 24.3 Å². The molecule has 1 saturated carbocycles. The predicted octanol–water partition coefficient (Wildman–Crippen LogP) is 0.668. The maximum Gasteiger partial charge on any atom is 0.223 e. The van der Waals surface area contributed by atoms with Crippen molar-refractivity contribution in [3.63, 3.8) is 0 Å². The van der Waals surface area contributed by atoms with Crippen molar-refractivity contribution in [2.45, 2.75) is 12.8 Å². The van der Waals surface area contributed by atoms with Crippen molar-refractivity contribution in [3.05, 3.63) is 29.8 Å². The Bertz CT molecular complexity index is 574. The second-order valence-corrected chi connectivity index (χ2v) is 6.44. The van der Waals surface area contributed by atoms with Crippen molar-refractivity contribution in [3.8, 4) is 5.75 Å². The summed E-state index contributed by atoms with van der Waals surface area (Å²) in [6.45, 7) is 1.99. The van der Waals surface area contributed by atoms with Crippen molar-refractivity contribution in [2.75, 3.05) is 40.8 Å². The SMILES string of the molecule is COc1cccc(CCNC(=O)C2CC2C(=O)NCCN(C)C)c1. The van der Waals surface area contributed by atoms with Crippen molar-refractivity contribution >= 4 is 11.8 Å². The van der Waals surface area contributed by atoms with E-state index in [0.29, 0.717) is 19.5 Å². The molecule has 0 aliphatic heterocycles. The number of benzene rings is 1. The number of carbonyl (C=O) groups is 2. The van der Waals surface area contributed by atoms with Gasteiger partial charge in [-0.1, -0.05) is 12.1 Å². The maximum absolute atomic E-state index is 12.1. The van der Waals surface area contributed by atoms with Crippen LogP contribution in [0, 0.1) is 11.8 Å². The quantitative estimate of drug-likeness (QED) is 0.697. The van der Waals surface area contributed by atoms with Gasteiger partial charge in [-0.15, -0.1) is 0 Å². The van der Waals surface area contributed by atoms with Gasteiger partial charge in [-0.3, -0.25) is 9.59 Å². The molecule has 2 rings (SSSR count). The molecule has 2 unspecified atom stereocenters. The fraction of sp³-hybridized carbons (Fsp3) is 0.556. The van der Waals surface area contributed by atoms with E-state index in [9.17, 15) is 9.59 Å². The molecule has 132 valence electrons. The van der Waals surface area contributed by atoms with Gasteiger partial charge in [0.05, 0.1) is 18.9 Å². The summed E-state index contributed by atoms with van der Waals surface area (Å²) in [6.07, 6.45) is 1.40. The number of rotatable bonds is 9. The number of amides is 2. The fourth-order valence-corrected chi connectivity index (χ4v) is 2.60. The summed E-state index contributed by atoms with van der Waals surface area (Å²) in [7, 11) is 5.56. The molecule has 0 bridgehead atoms. The molecule has 0 aromatic heterocycles. The molecule has 2 N–H and O–H groups in total. The Hall–Kier alpha value is -2.08. The van der Waals surface area contributed by atoms with Gasteiger partial charge in [-0.25, -0.2) is 0 Å². The Morgan fingerprint density at radius 3 is 2.46 bits per heavy atom. The largest absolute Gasteiger partial charge is 0.497 e. The Labute approximate surface area is 143 Å². The lowest BCUT2D eigenvalue weighted by molar-refractivity contribution is -0.127. The zero-order valence-corrected chi connectivity index (χ0v) is 14.7. The lowest BCUT2D eigenvalue weighted by Crippen LogP contribution is -2.34. The number of hydrogen-bond donors (Lipinski definition) is 2. The second kappa shape index (κ2) is 8.68. The standard InChI is InChI=1S/C18H27N3O3/c1-21(2)10-9-20-18(23)16-12-15(16)17(22)19-8-7-13-5-4-6-14(11-13)24-3/h4-6,11,15-16H,7-10,12H2,1-3H3,(H,19,22)(H,20,23). The first-order valence-corrected chi connectivity index (χ1v) is 8.34. The Morgan fingerprint density at radius 2 is 1.83 bits per heavy atom. The number of ether oxygens (including phenoxy) is 1. The lowest BCUT2D eigenvalue weighted by atomic mass is 10.1. The van der Waals surface area contributed by atoms with E-state index < -0.39 is 0 Å². The van der Waals surface area contributed by atoms with Crippen molar-refractivity contribution in [2.24, 2.45) is 11.8 Å². The van der Waals surface area contributed by atoms with Crippen LogP contribution in [-0.2, 0) is 16.0 Å². The van der Waals surface area contributed by atoms with Crippen LogP contribution in [-0.4, -0.2) is 57.6 Å². The predicted molar refractivity (Wildman–Crippen MR) is 92.9 cm³/mol. The molecule has 0 heterocycles. The van der Waals surface area contributed by atoms with Crippen LogP contribution in [0.4, 0.5) is 0 Å². The van der Waals surface area contributed by atoms with E-state index in [0.717, 1.165) is 24.3 Å². The summed E-state index contributed by atoms with van der Waals surface area (Å²) < 4.78 is 5.18. The van der Waals surface area contributed by atoms with Crippen LogP contribution < -0.4 is 15.4 Å². The average molecular weight is 333 g/mol. The van der Waals surface area contributed by atoms with Gasteiger partial charge in [-0.2, -0.15) is 0 Å². The fourth-order valence-electron chi connectivity index (χ4n) is 2.60. The summed E-state index contributed by atoms with van der Waals surface area (Å²) in [5.74, 6) is 0.449. The minimum Gasteiger partial charge on any atom is -0.497 e. The first-order chi connectivity index (χ1) is 11.5. The molecule has 1 aromatic rings. The highest BCUT2D eigenvalue weighted by Gasteiger charge is 2.47. The summed E-state index contributed by atoms with van der Waals surface area (Å²) in [6, 6.07) is 7.80. The molecule has 0 spiro atoms. The van der Waals surface area contributed by atoms with Crippen molar-refractivity contribution < 1.29 is 14.3 Å². The molecule has 0 radical (unpaired) electrons. The third-order valence-electron chi connectivity index (χ3n) is 4.17. The van der Waals surface area contributed by atoms with E-state index in [1.54, 1.807) is 7.11 Å². The third kappa shape index (κ3) is 5.53. The number of likely N-dealkylation sites (N-methyl/N-ethyl adjacent to an activating group) is 1. The monoisotopic (exact) mass is 333 g/mol. The number of nitrogens with one attached hydrogen (secondary N) is 2. The number of nitrogens with zero attached hydrogens (tertiary/aromatic N) is 1. The molecule has 1 fully saturated rings. The normalized spacial score (nSPS) is 19.0. The molecule has 24 heavy (non-hydrogen) atoms. The molecular formula is C18H27N3O3.